The highest BCUT2D eigenvalue weighted by Crippen LogP contribution is 2.34. The lowest BCUT2D eigenvalue weighted by atomic mass is 10.0. The molecule has 1 aromatic carbocycles. The maximum absolute atomic E-state index is 12.7. The van der Waals surface area contributed by atoms with E-state index in [1.807, 2.05) is 24.4 Å². The molecule has 3 heterocycles. The SMILES string of the molecule is O=C(Cc1csc(-c2ccc(Cl)cc2)c1C(=O)O)c1cn2ccccc2n1. The lowest BCUT2D eigenvalue weighted by Crippen LogP contribution is -2.08. The van der Waals surface area contributed by atoms with E-state index in [1.54, 1.807) is 40.2 Å². The van der Waals surface area contributed by atoms with Crippen LogP contribution in [-0.4, -0.2) is 26.2 Å². The van der Waals surface area contributed by atoms with E-state index in [9.17, 15) is 14.7 Å². The minimum Gasteiger partial charge on any atom is -0.478 e. The minimum atomic E-state index is -1.06. The first kappa shape index (κ1) is 17.5. The first-order valence-corrected chi connectivity index (χ1v) is 9.35. The molecule has 0 saturated heterocycles. The van der Waals surface area contributed by atoms with Crippen molar-refractivity contribution in [2.75, 3.05) is 0 Å². The van der Waals surface area contributed by atoms with Gasteiger partial charge in [-0.1, -0.05) is 29.8 Å². The molecule has 0 aliphatic carbocycles. The number of nitrogens with zero attached hydrogens (tertiary/aromatic N) is 2. The van der Waals surface area contributed by atoms with Crippen LogP contribution in [0.15, 0.2) is 60.2 Å². The van der Waals surface area contributed by atoms with Crippen molar-refractivity contribution in [3.8, 4) is 10.4 Å². The number of carbonyl (C=O) groups is 2. The lowest BCUT2D eigenvalue weighted by Gasteiger charge is -2.03. The zero-order valence-corrected chi connectivity index (χ0v) is 15.5. The monoisotopic (exact) mass is 396 g/mol. The van der Waals surface area contributed by atoms with Gasteiger partial charge < -0.3 is 9.51 Å². The number of rotatable bonds is 5. The van der Waals surface area contributed by atoms with Crippen LogP contribution in [0.3, 0.4) is 0 Å². The first-order chi connectivity index (χ1) is 13.0. The van der Waals surface area contributed by atoms with Crippen molar-refractivity contribution in [1.29, 1.82) is 0 Å². The Morgan fingerprint density at radius 2 is 1.93 bits per heavy atom. The van der Waals surface area contributed by atoms with Gasteiger partial charge in [0.15, 0.2) is 5.78 Å². The third kappa shape index (κ3) is 3.37. The number of imidazole rings is 1. The van der Waals surface area contributed by atoms with E-state index < -0.39 is 5.97 Å². The van der Waals surface area contributed by atoms with Gasteiger partial charge in [-0.15, -0.1) is 11.3 Å². The smallest absolute Gasteiger partial charge is 0.337 e. The van der Waals surface area contributed by atoms with Crippen LogP contribution < -0.4 is 0 Å². The highest BCUT2D eigenvalue weighted by atomic mass is 35.5. The summed E-state index contributed by atoms with van der Waals surface area (Å²) in [7, 11) is 0. The molecular formula is C20H13ClN2O3S. The number of Topliss-reactive ketones (excluding diaryl/α,β-unsaturated/α-hetero) is 1. The number of ketones is 1. The van der Waals surface area contributed by atoms with Crippen LogP contribution in [0, 0.1) is 0 Å². The number of pyridine rings is 1. The third-order valence-corrected chi connectivity index (χ3v) is 5.52. The average molecular weight is 397 g/mol. The number of carboxylic acid groups (broad SMARTS) is 1. The van der Waals surface area contributed by atoms with E-state index >= 15 is 0 Å². The fourth-order valence-electron chi connectivity index (χ4n) is 2.90. The topological polar surface area (TPSA) is 71.7 Å². The molecule has 0 fully saturated rings. The van der Waals surface area contributed by atoms with Crippen LogP contribution in [0.2, 0.25) is 5.02 Å². The van der Waals surface area contributed by atoms with E-state index in [1.165, 1.54) is 11.3 Å². The quantitative estimate of drug-likeness (QED) is 0.490. The zero-order valence-electron chi connectivity index (χ0n) is 13.9. The number of aromatic nitrogens is 2. The number of halogens is 1. The molecule has 0 bridgehead atoms. The number of hydrogen-bond donors (Lipinski definition) is 1. The summed E-state index contributed by atoms with van der Waals surface area (Å²) in [5.74, 6) is -1.28. The number of carboxylic acids is 1. The van der Waals surface area contributed by atoms with Crippen LogP contribution in [0.5, 0.6) is 0 Å². The van der Waals surface area contributed by atoms with Crippen molar-refractivity contribution in [3.63, 3.8) is 0 Å². The highest BCUT2D eigenvalue weighted by molar-refractivity contribution is 7.14. The summed E-state index contributed by atoms with van der Waals surface area (Å²) in [5.41, 5.74) is 2.38. The van der Waals surface area contributed by atoms with E-state index in [0.717, 1.165) is 5.56 Å². The molecule has 0 atom stereocenters. The van der Waals surface area contributed by atoms with Gasteiger partial charge in [0.1, 0.15) is 11.3 Å². The van der Waals surface area contributed by atoms with Gasteiger partial charge in [-0.25, -0.2) is 9.78 Å². The van der Waals surface area contributed by atoms with Crippen molar-refractivity contribution in [2.45, 2.75) is 6.42 Å². The summed E-state index contributed by atoms with van der Waals surface area (Å²) < 4.78 is 1.76. The molecule has 27 heavy (non-hydrogen) atoms. The Kier molecular flexibility index (Phi) is 4.51. The molecule has 0 aliphatic heterocycles. The van der Waals surface area contributed by atoms with Crippen LogP contribution in [0.25, 0.3) is 16.1 Å². The molecule has 4 rings (SSSR count). The Morgan fingerprint density at radius 1 is 1.15 bits per heavy atom. The Balaban J connectivity index is 1.68. The fourth-order valence-corrected chi connectivity index (χ4v) is 4.10. The number of benzene rings is 1. The summed E-state index contributed by atoms with van der Waals surface area (Å²) in [5, 5.41) is 12.0. The summed E-state index contributed by atoms with van der Waals surface area (Å²) in [6.45, 7) is 0. The number of hydrogen-bond acceptors (Lipinski definition) is 4. The van der Waals surface area contributed by atoms with E-state index in [-0.39, 0.29) is 17.8 Å². The molecule has 3 aromatic heterocycles. The van der Waals surface area contributed by atoms with Gasteiger partial charge in [0.05, 0.1) is 5.56 Å². The molecule has 5 nitrogen and oxygen atoms in total. The number of fused-ring (bicyclic) bond motifs is 1. The normalized spacial score (nSPS) is 11.0. The molecule has 1 N–H and O–H groups in total. The zero-order chi connectivity index (χ0) is 19.0. The van der Waals surface area contributed by atoms with Gasteiger partial charge in [0.25, 0.3) is 0 Å². The van der Waals surface area contributed by atoms with Crippen LogP contribution in [0.4, 0.5) is 0 Å². The Morgan fingerprint density at radius 3 is 2.63 bits per heavy atom. The molecule has 134 valence electrons. The second-order valence-electron chi connectivity index (χ2n) is 5.97. The molecular weight excluding hydrogens is 384 g/mol. The van der Waals surface area contributed by atoms with Crippen molar-refractivity contribution < 1.29 is 14.7 Å². The van der Waals surface area contributed by atoms with E-state index in [2.05, 4.69) is 4.98 Å². The molecule has 0 saturated carbocycles. The van der Waals surface area contributed by atoms with Crippen LogP contribution >= 0.6 is 22.9 Å². The summed E-state index contributed by atoms with van der Waals surface area (Å²) in [6.07, 6.45) is 3.45. The van der Waals surface area contributed by atoms with E-state index in [4.69, 9.17) is 11.6 Å². The summed E-state index contributed by atoms with van der Waals surface area (Å²) in [6, 6.07) is 12.5. The lowest BCUT2D eigenvalue weighted by molar-refractivity contribution is 0.0697. The van der Waals surface area contributed by atoms with Gasteiger partial charge in [0, 0.05) is 28.7 Å². The molecule has 0 radical (unpaired) electrons. The molecule has 4 aromatic rings. The second kappa shape index (κ2) is 6.98. The Bertz CT molecular complexity index is 1130. The third-order valence-electron chi connectivity index (χ3n) is 4.19. The standard InChI is InChI=1S/C20H13ClN2O3S/c21-14-6-4-12(5-7-14)19-18(20(25)26)13(11-27-19)9-16(24)15-10-23-8-2-1-3-17(23)22-15/h1-8,10-11H,9H2,(H,25,26). The second-order valence-corrected chi connectivity index (χ2v) is 7.29. The predicted molar refractivity (Wildman–Crippen MR) is 105 cm³/mol. The van der Waals surface area contributed by atoms with Gasteiger partial charge in [-0.3, -0.25) is 4.79 Å². The molecule has 0 unspecified atom stereocenters. The minimum absolute atomic E-state index is 0.0182. The fraction of sp³-hybridized carbons (Fsp3) is 0.0500. The van der Waals surface area contributed by atoms with Crippen molar-refractivity contribution >= 4 is 40.3 Å². The number of aromatic carboxylic acids is 1. The number of thiophene rings is 1. The largest absolute Gasteiger partial charge is 0.478 e. The average Bonchev–Trinajstić information content (AvgIpc) is 3.26. The van der Waals surface area contributed by atoms with Gasteiger partial charge in [-0.05, 0) is 40.8 Å². The maximum Gasteiger partial charge on any atom is 0.337 e. The maximum atomic E-state index is 12.7. The van der Waals surface area contributed by atoms with E-state index in [0.29, 0.717) is 26.8 Å². The number of carbonyl (C=O) groups excluding carboxylic acids is 1. The first-order valence-electron chi connectivity index (χ1n) is 8.09. The van der Waals surface area contributed by atoms with Crippen molar-refractivity contribution in [2.24, 2.45) is 0 Å². The molecule has 0 amide bonds. The summed E-state index contributed by atoms with van der Waals surface area (Å²) in [4.78, 5) is 29.4. The Hall–Kier alpha value is -2.96. The summed E-state index contributed by atoms with van der Waals surface area (Å²) >= 11 is 7.21. The van der Waals surface area contributed by atoms with Crippen molar-refractivity contribution in [1.82, 2.24) is 9.38 Å². The van der Waals surface area contributed by atoms with Crippen LogP contribution in [0.1, 0.15) is 26.4 Å². The van der Waals surface area contributed by atoms with Gasteiger partial charge in [0.2, 0.25) is 0 Å². The van der Waals surface area contributed by atoms with Gasteiger partial charge in [-0.2, -0.15) is 0 Å². The van der Waals surface area contributed by atoms with Crippen molar-refractivity contribution in [3.05, 3.63) is 82.1 Å². The highest BCUT2D eigenvalue weighted by Gasteiger charge is 2.22. The Labute approximate surface area is 163 Å². The molecule has 0 spiro atoms. The van der Waals surface area contributed by atoms with Gasteiger partial charge >= 0.3 is 5.97 Å². The molecule has 7 heteroatoms. The van der Waals surface area contributed by atoms with Crippen LogP contribution in [-0.2, 0) is 6.42 Å². The predicted octanol–water partition coefficient (Wildman–Crippen LogP) is 4.84. The molecule has 0 aliphatic rings.